The van der Waals surface area contributed by atoms with Crippen LogP contribution in [0.25, 0.3) is 0 Å². The first-order valence-electron chi connectivity index (χ1n) is 10.2. The van der Waals surface area contributed by atoms with Gasteiger partial charge in [-0.3, -0.25) is 4.99 Å². The van der Waals surface area contributed by atoms with Crippen molar-refractivity contribution >= 4 is 29.9 Å². The average molecular weight is 545 g/mol. The summed E-state index contributed by atoms with van der Waals surface area (Å²) < 4.78 is 24.4. The number of nitrogens with zero attached hydrogens (tertiary/aromatic N) is 1. The number of halogens is 2. The summed E-state index contributed by atoms with van der Waals surface area (Å²) >= 11 is 0. The summed E-state index contributed by atoms with van der Waals surface area (Å²) in [6.07, 6.45) is -0.953. The van der Waals surface area contributed by atoms with Crippen LogP contribution < -0.4 is 15.4 Å². The Hall–Kier alpha value is -1.91. The topological polar surface area (TPSA) is 75.1 Å². The molecule has 6 nitrogen and oxygen atoms in total. The number of aliphatic hydroxyl groups excluding tert-OH is 1. The molecule has 0 saturated heterocycles. The molecule has 31 heavy (non-hydrogen) atoms. The smallest absolute Gasteiger partial charge is 0.191 e. The molecule has 0 aliphatic rings. The van der Waals surface area contributed by atoms with E-state index in [1.807, 2.05) is 45.0 Å². The molecule has 0 aromatic heterocycles. The number of methoxy groups -OCH3 is 1. The molecule has 2 atom stereocenters. The summed E-state index contributed by atoms with van der Waals surface area (Å²) in [7, 11) is 1.61. The fraction of sp³-hybridized carbons (Fsp3) is 0.435. The molecule has 172 valence electrons. The van der Waals surface area contributed by atoms with Gasteiger partial charge in [-0.2, -0.15) is 0 Å². The first-order valence-corrected chi connectivity index (χ1v) is 10.2. The molecule has 8 heteroatoms. The number of nitrogens with one attached hydrogen (secondary N) is 2. The molecule has 2 unspecified atom stereocenters. The van der Waals surface area contributed by atoms with E-state index in [0.717, 1.165) is 16.9 Å². The highest BCUT2D eigenvalue weighted by molar-refractivity contribution is 14.0. The lowest BCUT2D eigenvalue weighted by molar-refractivity contribution is 0.106. The first kappa shape index (κ1) is 27.1. The van der Waals surface area contributed by atoms with Crippen molar-refractivity contribution in [2.75, 3.05) is 26.7 Å². The van der Waals surface area contributed by atoms with Crippen LogP contribution in [0, 0.1) is 5.82 Å². The second-order valence-electron chi connectivity index (χ2n) is 7.13. The van der Waals surface area contributed by atoms with Crippen LogP contribution in [0.3, 0.4) is 0 Å². The van der Waals surface area contributed by atoms with E-state index in [2.05, 4.69) is 15.6 Å². The minimum atomic E-state index is -0.758. The molecule has 0 aliphatic heterocycles. The van der Waals surface area contributed by atoms with E-state index in [1.165, 1.54) is 12.1 Å². The van der Waals surface area contributed by atoms with E-state index in [-0.39, 0.29) is 48.5 Å². The van der Waals surface area contributed by atoms with Gasteiger partial charge in [0.15, 0.2) is 5.96 Å². The predicted octanol–water partition coefficient (Wildman–Crippen LogP) is 4.21. The third-order valence-electron chi connectivity index (χ3n) is 4.36. The number of aliphatic hydroxyl groups is 1. The largest absolute Gasteiger partial charge is 0.491 e. The molecule has 0 radical (unpaired) electrons. The Morgan fingerprint density at radius 3 is 2.42 bits per heavy atom. The molecule has 2 rings (SSSR count). The van der Waals surface area contributed by atoms with Crippen LogP contribution in [0.5, 0.6) is 5.75 Å². The molecule has 0 saturated carbocycles. The minimum Gasteiger partial charge on any atom is -0.491 e. The van der Waals surface area contributed by atoms with Crippen molar-refractivity contribution in [1.82, 2.24) is 10.6 Å². The Labute approximate surface area is 201 Å². The number of aliphatic imine (C=N–C) groups is 1. The van der Waals surface area contributed by atoms with E-state index in [9.17, 15) is 9.50 Å². The second-order valence-corrected chi connectivity index (χ2v) is 7.13. The van der Waals surface area contributed by atoms with Gasteiger partial charge in [-0.15, -0.1) is 24.0 Å². The molecule has 0 aliphatic carbocycles. The van der Waals surface area contributed by atoms with Crippen LogP contribution in [0.1, 0.15) is 44.1 Å². The van der Waals surface area contributed by atoms with Crippen molar-refractivity contribution in [3.05, 3.63) is 65.5 Å². The van der Waals surface area contributed by atoms with Gasteiger partial charge in [0.05, 0.1) is 24.9 Å². The van der Waals surface area contributed by atoms with Gasteiger partial charge >= 0.3 is 0 Å². The number of benzene rings is 2. The van der Waals surface area contributed by atoms with Crippen LogP contribution in [0.2, 0.25) is 0 Å². The Morgan fingerprint density at radius 2 is 1.81 bits per heavy atom. The maximum atomic E-state index is 13.2. The van der Waals surface area contributed by atoms with Crippen molar-refractivity contribution in [3.63, 3.8) is 0 Å². The summed E-state index contributed by atoms with van der Waals surface area (Å²) in [6, 6.07) is 13.6. The zero-order chi connectivity index (χ0) is 21.9. The summed E-state index contributed by atoms with van der Waals surface area (Å²) in [6.45, 7) is 7.19. The highest BCUT2D eigenvalue weighted by atomic mass is 127. The highest BCUT2D eigenvalue weighted by Gasteiger charge is 2.13. The van der Waals surface area contributed by atoms with E-state index < -0.39 is 6.10 Å². The summed E-state index contributed by atoms with van der Waals surface area (Å²) in [5, 5.41) is 16.9. The normalized spacial score (nSPS) is 13.3. The number of hydrogen-bond donors (Lipinski definition) is 3. The maximum absolute atomic E-state index is 13.2. The van der Waals surface area contributed by atoms with Crippen molar-refractivity contribution in [1.29, 1.82) is 0 Å². The molecular weight excluding hydrogens is 512 g/mol. The van der Waals surface area contributed by atoms with Gasteiger partial charge in [-0.1, -0.05) is 24.3 Å². The van der Waals surface area contributed by atoms with Gasteiger partial charge in [0, 0.05) is 20.2 Å². The third-order valence-corrected chi connectivity index (χ3v) is 4.36. The summed E-state index contributed by atoms with van der Waals surface area (Å²) in [4.78, 5) is 4.48. The summed E-state index contributed by atoms with van der Waals surface area (Å²) in [5.74, 6) is 1.00. The Kier molecular flexibility index (Phi) is 12.4. The van der Waals surface area contributed by atoms with Crippen molar-refractivity contribution < 1.29 is 19.0 Å². The molecule has 3 N–H and O–H groups in total. The van der Waals surface area contributed by atoms with Gasteiger partial charge in [0.2, 0.25) is 0 Å². The fourth-order valence-corrected chi connectivity index (χ4v) is 2.90. The van der Waals surface area contributed by atoms with Gasteiger partial charge in [-0.05, 0) is 56.2 Å². The third kappa shape index (κ3) is 9.40. The minimum absolute atomic E-state index is 0. The lowest BCUT2D eigenvalue weighted by Crippen LogP contribution is -2.40. The van der Waals surface area contributed by atoms with E-state index in [0.29, 0.717) is 19.0 Å². The van der Waals surface area contributed by atoms with Crippen LogP contribution in [-0.2, 0) is 4.74 Å². The molecular formula is C23H33FIN3O3. The van der Waals surface area contributed by atoms with E-state index in [4.69, 9.17) is 9.47 Å². The monoisotopic (exact) mass is 545 g/mol. The molecule has 2 aromatic rings. The van der Waals surface area contributed by atoms with Crippen LogP contribution in [0.15, 0.2) is 53.5 Å². The number of guanidine groups is 1. The second kappa shape index (κ2) is 14.2. The first-order chi connectivity index (χ1) is 14.4. The fourth-order valence-electron chi connectivity index (χ4n) is 2.90. The Morgan fingerprint density at radius 1 is 1.10 bits per heavy atom. The van der Waals surface area contributed by atoms with Gasteiger partial charge in [0.1, 0.15) is 11.6 Å². The van der Waals surface area contributed by atoms with Crippen LogP contribution >= 0.6 is 24.0 Å². The Balaban J connectivity index is 0.00000480. The predicted molar refractivity (Wildman–Crippen MR) is 133 cm³/mol. The number of hydrogen-bond acceptors (Lipinski definition) is 4. The van der Waals surface area contributed by atoms with Gasteiger partial charge in [-0.25, -0.2) is 4.39 Å². The molecule has 0 heterocycles. The standard InChI is InChI=1S/C23H32FN3O3.HI/c1-5-25-23(27-15-22(29-4)17-9-11-19(24)12-10-17)26-14-21(28)18-7-6-8-20(13-18)30-16(2)3;/h6-13,16,21-22,28H,5,14-15H2,1-4H3,(H2,25,26,27);1H. The van der Waals surface area contributed by atoms with Crippen molar-refractivity contribution in [2.24, 2.45) is 4.99 Å². The Bertz CT molecular complexity index is 803. The number of rotatable bonds is 10. The lowest BCUT2D eigenvalue weighted by Gasteiger charge is -2.19. The van der Waals surface area contributed by atoms with E-state index in [1.54, 1.807) is 19.2 Å². The van der Waals surface area contributed by atoms with Crippen molar-refractivity contribution in [3.8, 4) is 5.75 Å². The zero-order valence-electron chi connectivity index (χ0n) is 18.5. The maximum Gasteiger partial charge on any atom is 0.191 e. The van der Waals surface area contributed by atoms with Gasteiger partial charge < -0.3 is 25.2 Å². The summed E-state index contributed by atoms with van der Waals surface area (Å²) in [5.41, 5.74) is 1.61. The van der Waals surface area contributed by atoms with Crippen molar-refractivity contribution in [2.45, 2.75) is 39.1 Å². The van der Waals surface area contributed by atoms with Crippen LogP contribution in [-0.4, -0.2) is 43.9 Å². The zero-order valence-corrected chi connectivity index (χ0v) is 20.8. The highest BCUT2D eigenvalue weighted by Crippen LogP contribution is 2.20. The quantitative estimate of drug-likeness (QED) is 0.237. The molecule has 0 bridgehead atoms. The lowest BCUT2D eigenvalue weighted by atomic mass is 10.1. The molecule has 0 amide bonds. The average Bonchev–Trinajstić information content (AvgIpc) is 2.73. The van der Waals surface area contributed by atoms with Gasteiger partial charge in [0.25, 0.3) is 0 Å². The van der Waals surface area contributed by atoms with E-state index >= 15 is 0 Å². The molecule has 2 aromatic carbocycles. The molecule has 0 fully saturated rings. The molecule has 0 spiro atoms. The SMILES string of the molecule is CCNC(=NCC(O)c1cccc(OC(C)C)c1)NCC(OC)c1ccc(F)cc1.I. The number of ether oxygens (including phenoxy) is 2. The van der Waals surface area contributed by atoms with Crippen LogP contribution in [0.4, 0.5) is 4.39 Å².